The van der Waals surface area contributed by atoms with Crippen molar-refractivity contribution < 1.29 is 22.3 Å². The van der Waals surface area contributed by atoms with Gasteiger partial charge in [-0.05, 0) is 36.4 Å². The molecule has 1 aromatic heterocycles. The van der Waals surface area contributed by atoms with Crippen LogP contribution >= 0.6 is 11.6 Å². The van der Waals surface area contributed by atoms with Gasteiger partial charge in [0.05, 0.1) is 4.90 Å². The normalized spacial score (nSPS) is 11.3. The molecule has 132 valence electrons. The van der Waals surface area contributed by atoms with Crippen LogP contribution in [-0.4, -0.2) is 18.8 Å². The Morgan fingerprint density at radius 2 is 1.62 bits per heavy atom. The minimum Gasteiger partial charge on any atom is -0.744 e. The summed E-state index contributed by atoms with van der Waals surface area (Å²) >= 11 is 5.86. The number of rotatable bonds is 5. The van der Waals surface area contributed by atoms with Crippen LogP contribution in [0.5, 0.6) is 0 Å². The Bertz CT molecular complexity index is 1060. The molecule has 7 heteroatoms. The van der Waals surface area contributed by atoms with Gasteiger partial charge in [-0.2, -0.15) is 4.57 Å². The molecule has 0 aliphatic carbocycles. The fraction of sp³-hybridized carbons (Fsp3) is 0.0526. The molecular formula is C19H14ClNO4S. The first-order valence-electron chi connectivity index (χ1n) is 7.69. The third-order valence-corrected chi connectivity index (χ3v) is 5.05. The lowest BCUT2D eigenvalue weighted by Gasteiger charge is -2.11. The summed E-state index contributed by atoms with van der Waals surface area (Å²) in [6.45, 7) is 0.0765. The molecule has 0 unspecified atom stereocenters. The molecule has 1 heterocycles. The molecule has 3 aromatic rings. The largest absolute Gasteiger partial charge is 0.744 e. The number of halogens is 1. The average molecular weight is 388 g/mol. The lowest BCUT2D eigenvalue weighted by atomic mass is 10.1. The summed E-state index contributed by atoms with van der Waals surface area (Å²) in [4.78, 5) is 12.5. The highest BCUT2D eigenvalue weighted by Gasteiger charge is 2.22. The quantitative estimate of drug-likeness (QED) is 0.383. The van der Waals surface area contributed by atoms with Gasteiger partial charge >= 0.3 is 0 Å². The van der Waals surface area contributed by atoms with Gasteiger partial charge in [-0.15, -0.1) is 0 Å². The Balaban J connectivity index is 2.02. The summed E-state index contributed by atoms with van der Waals surface area (Å²) in [6.07, 6.45) is 1.66. The molecule has 0 N–H and O–H groups in total. The molecule has 0 saturated heterocycles. The number of pyridine rings is 1. The van der Waals surface area contributed by atoms with E-state index < -0.39 is 10.1 Å². The van der Waals surface area contributed by atoms with E-state index in [0.29, 0.717) is 21.8 Å². The predicted molar refractivity (Wildman–Crippen MR) is 95.0 cm³/mol. The predicted octanol–water partition coefficient (Wildman–Crippen LogP) is 2.81. The number of carbonyl (C=O) groups excluding carboxylic acids is 1. The van der Waals surface area contributed by atoms with Crippen LogP contribution in [0.3, 0.4) is 0 Å². The molecule has 0 fully saturated rings. The number of carbonyl (C=O) groups is 1. The van der Waals surface area contributed by atoms with E-state index in [9.17, 15) is 17.8 Å². The van der Waals surface area contributed by atoms with Crippen LogP contribution in [0.1, 0.15) is 21.6 Å². The second-order valence-corrected chi connectivity index (χ2v) is 7.40. The molecule has 0 saturated carbocycles. The van der Waals surface area contributed by atoms with Crippen molar-refractivity contribution in [2.24, 2.45) is 0 Å². The fourth-order valence-corrected chi connectivity index (χ4v) is 3.46. The summed E-state index contributed by atoms with van der Waals surface area (Å²) < 4.78 is 36.0. The molecule has 2 aromatic carbocycles. The minimum absolute atomic E-state index is 0.0765. The van der Waals surface area contributed by atoms with E-state index in [1.54, 1.807) is 65.4 Å². The van der Waals surface area contributed by atoms with Gasteiger partial charge < -0.3 is 4.55 Å². The van der Waals surface area contributed by atoms with E-state index in [-0.39, 0.29) is 17.2 Å². The van der Waals surface area contributed by atoms with Crippen molar-refractivity contribution in [1.29, 1.82) is 0 Å². The lowest BCUT2D eigenvalue weighted by molar-refractivity contribution is -0.690. The highest BCUT2D eigenvalue weighted by molar-refractivity contribution is 7.85. The lowest BCUT2D eigenvalue weighted by Crippen LogP contribution is -2.41. The van der Waals surface area contributed by atoms with Gasteiger partial charge in [0.2, 0.25) is 0 Å². The van der Waals surface area contributed by atoms with Gasteiger partial charge in [0.1, 0.15) is 10.1 Å². The van der Waals surface area contributed by atoms with E-state index in [1.807, 2.05) is 0 Å². The van der Waals surface area contributed by atoms with Crippen molar-refractivity contribution in [3.8, 4) is 0 Å². The molecule has 3 rings (SSSR count). The zero-order valence-electron chi connectivity index (χ0n) is 13.5. The highest BCUT2D eigenvalue weighted by Crippen LogP contribution is 2.16. The highest BCUT2D eigenvalue weighted by atomic mass is 35.5. The summed E-state index contributed by atoms with van der Waals surface area (Å²) in [6, 6.07) is 17.5. The van der Waals surface area contributed by atoms with Crippen molar-refractivity contribution in [3.05, 3.63) is 94.8 Å². The molecule has 0 bridgehead atoms. The number of nitrogens with zero attached hydrogens (tertiary/aromatic N) is 1. The number of ketones is 1. The topological polar surface area (TPSA) is 78.1 Å². The molecule has 0 aliphatic heterocycles. The summed E-state index contributed by atoms with van der Waals surface area (Å²) in [5, 5.41) is 0.525. The van der Waals surface area contributed by atoms with E-state index in [0.717, 1.165) is 0 Å². The monoisotopic (exact) mass is 387 g/mol. The average Bonchev–Trinajstić information content (AvgIpc) is 2.62. The molecule has 0 amide bonds. The summed E-state index contributed by atoms with van der Waals surface area (Å²) in [7, 11) is -4.61. The minimum atomic E-state index is -4.61. The van der Waals surface area contributed by atoms with Crippen LogP contribution in [0.4, 0.5) is 0 Å². The molecule has 0 aliphatic rings. The molecular weight excluding hydrogens is 374 g/mol. The van der Waals surface area contributed by atoms with Crippen LogP contribution in [0.2, 0.25) is 5.02 Å². The van der Waals surface area contributed by atoms with E-state index in [1.165, 1.54) is 12.1 Å². The van der Waals surface area contributed by atoms with Crippen LogP contribution in [-0.2, 0) is 16.7 Å². The molecule has 5 nitrogen and oxygen atoms in total. The van der Waals surface area contributed by atoms with Gasteiger partial charge in [-0.3, -0.25) is 4.79 Å². The van der Waals surface area contributed by atoms with Gasteiger partial charge in [0.25, 0.3) is 11.5 Å². The maximum atomic E-state index is 12.8. The van der Waals surface area contributed by atoms with Crippen LogP contribution in [0, 0.1) is 0 Å². The Morgan fingerprint density at radius 3 is 2.31 bits per heavy atom. The van der Waals surface area contributed by atoms with Gasteiger partial charge in [-0.25, -0.2) is 8.42 Å². The third kappa shape index (κ3) is 3.99. The Labute approximate surface area is 156 Å². The summed E-state index contributed by atoms with van der Waals surface area (Å²) in [5.41, 5.74) is 1.15. The van der Waals surface area contributed by atoms with Gasteiger partial charge in [0.15, 0.2) is 12.7 Å². The standard InChI is InChI=1S/C19H14ClNO4S/c20-16-10-8-14(9-11-16)19(22)17-6-3-4-12-21(17)13-15-5-1-2-7-18(15)26(23,24)25/h1-12H,13H2. The van der Waals surface area contributed by atoms with E-state index >= 15 is 0 Å². The first-order chi connectivity index (χ1) is 12.4. The second kappa shape index (κ2) is 7.37. The molecule has 0 spiro atoms. The van der Waals surface area contributed by atoms with E-state index in [4.69, 9.17) is 11.6 Å². The van der Waals surface area contributed by atoms with E-state index in [2.05, 4.69) is 0 Å². The first kappa shape index (κ1) is 18.3. The zero-order chi connectivity index (χ0) is 18.7. The Kier molecular flexibility index (Phi) is 5.18. The zero-order valence-corrected chi connectivity index (χ0v) is 15.1. The Morgan fingerprint density at radius 1 is 0.962 bits per heavy atom. The second-order valence-electron chi connectivity index (χ2n) is 5.61. The van der Waals surface area contributed by atoms with Crippen LogP contribution in [0.25, 0.3) is 0 Å². The molecule has 26 heavy (non-hydrogen) atoms. The first-order valence-corrected chi connectivity index (χ1v) is 9.47. The van der Waals surface area contributed by atoms with Crippen molar-refractivity contribution in [3.63, 3.8) is 0 Å². The third-order valence-electron chi connectivity index (χ3n) is 3.86. The number of hydrogen-bond donors (Lipinski definition) is 0. The number of aromatic nitrogens is 1. The number of benzene rings is 2. The number of hydrogen-bond acceptors (Lipinski definition) is 4. The van der Waals surface area contributed by atoms with Crippen molar-refractivity contribution in [1.82, 2.24) is 0 Å². The SMILES string of the molecule is O=C(c1ccc(Cl)cc1)c1cccc[n+]1Cc1ccccc1S(=O)(=O)[O-]. The summed E-state index contributed by atoms with van der Waals surface area (Å²) in [5.74, 6) is -0.232. The van der Waals surface area contributed by atoms with Crippen molar-refractivity contribution >= 4 is 27.5 Å². The van der Waals surface area contributed by atoms with Crippen molar-refractivity contribution in [2.75, 3.05) is 0 Å². The smallest absolute Gasteiger partial charge is 0.256 e. The molecule has 0 radical (unpaired) electrons. The maximum Gasteiger partial charge on any atom is 0.256 e. The van der Waals surface area contributed by atoms with Crippen LogP contribution in [0.15, 0.2) is 77.8 Å². The fourth-order valence-electron chi connectivity index (χ4n) is 2.63. The Hall–Kier alpha value is -2.54. The van der Waals surface area contributed by atoms with Gasteiger partial charge in [-0.1, -0.05) is 29.8 Å². The maximum absolute atomic E-state index is 12.8. The van der Waals surface area contributed by atoms with Crippen LogP contribution < -0.4 is 4.57 Å². The van der Waals surface area contributed by atoms with Crippen molar-refractivity contribution in [2.45, 2.75) is 11.4 Å². The van der Waals surface area contributed by atoms with Gasteiger partial charge in [0, 0.05) is 28.3 Å². The molecule has 0 atom stereocenters.